The lowest BCUT2D eigenvalue weighted by Gasteiger charge is -2.50. The summed E-state index contributed by atoms with van der Waals surface area (Å²) in [5, 5.41) is 12.3. The number of amides is 2. The van der Waals surface area contributed by atoms with Gasteiger partial charge in [-0.25, -0.2) is 9.78 Å². The average molecular weight is 442 g/mol. The highest BCUT2D eigenvalue weighted by Gasteiger charge is 2.45. The number of anilines is 1. The first kappa shape index (κ1) is 22.4. The van der Waals surface area contributed by atoms with E-state index in [4.69, 9.17) is 9.84 Å². The highest BCUT2D eigenvalue weighted by atomic mass is 32.2. The van der Waals surface area contributed by atoms with Crippen molar-refractivity contribution in [3.63, 3.8) is 0 Å². The highest BCUT2D eigenvalue weighted by Crippen LogP contribution is 2.40. The molecule has 0 bridgehead atoms. The second kappa shape index (κ2) is 10.6. The molecule has 1 heterocycles. The lowest BCUT2D eigenvalue weighted by atomic mass is 9.86. The first-order valence-electron chi connectivity index (χ1n) is 10.6. The van der Waals surface area contributed by atoms with E-state index in [0.29, 0.717) is 11.7 Å². The number of carbonyl (C=O) groups excluding carboxylic acids is 1. The third-order valence-corrected chi connectivity index (χ3v) is 7.77. The Kier molecular flexibility index (Phi) is 8.20. The number of thiazole rings is 1. The third kappa shape index (κ3) is 5.86. The topological polar surface area (TPSA) is 91.8 Å². The Hall–Kier alpha value is -1.32. The van der Waals surface area contributed by atoms with Gasteiger partial charge in [0.15, 0.2) is 5.13 Å². The SMILES string of the molecule is CCOC1(N(C(=O)Nc2ncc(SCC(=O)O)s2)C2CCCCC2)CCCCC1. The number of hydrogen-bond acceptors (Lipinski definition) is 6. The van der Waals surface area contributed by atoms with Crippen LogP contribution in [0.25, 0.3) is 0 Å². The minimum atomic E-state index is -0.867. The molecular formula is C20H31N3O4S2. The first-order chi connectivity index (χ1) is 14.0. The maximum absolute atomic E-state index is 13.5. The van der Waals surface area contributed by atoms with E-state index in [9.17, 15) is 9.59 Å². The summed E-state index contributed by atoms with van der Waals surface area (Å²) in [6.07, 6.45) is 12.2. The van der Waals surface area contributed by atoms with Gasteiger partial charge in [-0.3, -0.25) is 15.0 Å². The molecule has 1 aromatic heterocycles. The van der Waals surface area contributed by atoms with Crippen molar-refractivity contribution in [2.24, 2.45) is 0 Å². The van der Waals surface area contributed by atoms with Crippen LogP contribution in [0.3, 0.4) is 0 Å². The van der Waals surface area contributed by atoms with Crippen LogP contribution < -0.4 is 5.32 Å². The summed E-state index contributed by atoms with van der Waals surface area (Å²) in [6, 6.07) is 0.0469. The molecule has 2 fully saturated rings. The summed E-state index contributed by atoms with van der Waals surface area (Å²) in [6.45, 7) is 2.59. The van der Waals surface area contributed by atoms with Crippen LogP contribution in [-0.2, 0) is 9.53 Å². The number of aromatic nitrogens is 1. The molecule has 0 aromatic carbocycles. The predicted molar refractivity (Wildman–Crippen MR) is 116 cm³/mol. The second-order valence-electron chi connectivity index (χ2n) is 7.70. The van der Waals surface area contributed by atoms with Gasteiger partial charge in [-0.1, -0.05) is 37.0 Å². The van der Waals surface area contributed by atoms with Gasteiger partial charge in [-0.2, -0.15) is 0 Å². The summed E-state index contributed by atoms with van der Waals surface area (Å²) in [4.78, 5) is 30.5. The van der Waals surface area contributed by atoms with Crippen LogP contribution in [0.2, 0.25) is 0 Å². The van der Waals surface area contributed by atoms with Crippen molar-refractivity contribution in [1.29, 1.82) is 0 Å². The number of aliphatic carboxylic acids is 1. The molecule has 2 N–H and O–H groups in total. The predicted octanol–water partition coefficient (Wildman–Crippen LogP) is 5.18. The molecule has 9 heteroatoms. The lowest BCUT2D eigenvalue weighted by molar-refractivity contribution is -0.166. The molecule has 0 atom stereocenters. The Labute approximate surface area is 180 Å². The molecule has 3 rings (SSSR count). The Bertz CT molecular complexity index is 680. The monoisotopic (exact) mass is 441 g/mol. The largest absolute Gasteiger partial charge is 0.481 e. The molecule has 2 aliphatic carbocycles. The fourth-order valence-corrected chi connectivity index (χ4v) is 6.10. The molecule has 162 valence electrons. The van der Waals surface area contributed by atoms with Gasteiger partial charge < -0.3 is 9.84 Å². The van der Waals surface area contributed by atoms with Crippen LogP contribution in [0.4, 0.5) is 9.93 Å². The van der Waals surface area contributed by atoms with Crippen LogP contribution in [0, 0.1) is 0 Å². The molecule has 2 aliphatic rings. The Morgan fingerprint density at radius 2 is 1.97 bits per heavy atom. The van der Waals surface area contributed by atoms with Gasteiger partial charge >= 0.3 is 12.0 Å². The van der Waals surface area contributed by atoms with Crippen LogP contribution in [0.1, 0.15) is 71.1 Å². The molecule has 1 aromatic rings. The smallest absolute Gasteiger partial charge is 0.326 e. The number of urea groups is 1. The summed E-state index contributed by atoms with van der Waals surface area (Å²) in [5.74, 6) is -0.884. The summed E-state index contributed by atoms with van der Waals surface area (Å²) < 4.78 is 7.08. The molecule has 0 unspecified atom stereocenters. The average Bonchev–Trinajstić information content (AvgIpc) is 3.15. The van der Waals surface area contributed by atoms with Crippen molar-refractivity contribution in [3.8, 4) is 0 Å². The minimum absolute atomic E-state index is 0.0166. The van der Waals surface area contributed by atoms with Gasteiger partial charge in [-0.15, -0.1) is 11.8 Å². The number of carbonyl (C=O) groups is 2. The van der Waals surface area contributed by atoms with E-state index in [1.807, 2.05) is 11.8 Å². The fourth-order valence-electron chi connectivity index (χ4n) is 4.52. The zero-order valence-electron chi connectivity index (χ0n) is 17.0. The fraction of sp³-hybridized carbons (Fsp3) is 0.750. The summed E-state index contributed by atoms with van der Waals surface area (Å²) >= 11 is 2.53. The maximum Gasteiger partial charge on any atom is 0.326 e. The number of rotatable bonds is 8. The van der Waals surface area contributed by atoms with Crippen LogP contribution in [0.15, 0.2) is 10.4 Å². The molecule has 0 saturated heterocycles. The Morgan fingerprint density at radius 3 is 2.62 bits per heavy atom. The lowest BCUT2D eigenvalue weighted by Crippen LogP contribution is -2.60. The number of carboxylic acids is 1. The number of nitrogens with one attached hydrogen (secondary N) is 1. The summed E-state index contributed by atoms with van der Waals surface area (Å²) in [5.41, 5.74) is -0.531. The number of ether oxygens (including phenoxy) is 1. The molecule has 0 spiro atoms. The molecular weight excluding hydrogens is 410 g/mol. The van der Waals surface area contributed by atoms with E-state index >= 15 is 0 Å². The van der Waals surface area contributed by atoms with Crippen molar-refractivity contribution in [1.82, 2.24) is 9.88 Å². The van der Waals surface area contributed by atoms with Gasteiger partial charge in [0, 0.05) is 12.6 Å². The van der Waals surface area contributed by atoms with E-state index < -0.39 is 11.7 Å². The normalized spacial score (nSPS) is 19.6. The van der Waals surface area contributed by atoms with Crippen LogP contribution in [0.5, 0.6) is 0 Å². The van der Waals surface area contributed by atoms with Crippen LogP contribution in [-0.4, -0.2) is 51.1 Å². The number of thioether (sulfide) groups is 1. The highest BCUT2D eigenvalue weighted by molar-refractivity contribution is 8.01. The first-order valence-corrected chi connectivity index (χ1v) is 12.4. The van der Waals surface area contributed by atoms with Crippen molar-refractivity contribution in [3.05, 3.63) is 6.20 Å². The second-order valence-corrected chi connectivity index (χ2v) is 10.0. The van der Waals surface area contributed by atoms with E-state index in [1.165, 1.54) is 35.9 Å². The van der Waals surface area contributed by atoms with Crippen molar-refractivity contribution in [2.75, 3.05) is 17.7 Å². The van der Waals surface area contributed by atoms with Crippen molar-refractivity contribution >= 4 is 40.2 Å². The zero-order valence-corrected chi connectivity index (χ0v) is 18.7. The Balaban J connectivity index is 1.77. The van der Waals surface area contributed by atoms with Gasteiger partial charge in [0.1, 0.15) is 5.72 Å². The van der Waals surface area contributed by atoms with E-state index in [-0.39, 0.29) is 17.8 Å². The number of carboxylic acid groups (broad SMARTS) is 1. The van der Waals surface area contributed by atoms with Crippen LogP contribution >= 0.6 is 23.1 Å². The van der Waals surface area contributed by atoms with Gasteiger partial charge in [-0.05, 0) is 45.4 Å². The molecule has 29 heavy (non-hydrogen) atoms. The molecule has 2 amide bonds. The van der Waals surface area contributed by atoms with E-state index in [2.05, 4.69) is 10.3 Å². The minimum Gasteiger partial charge on any atom is -0.481 e. The van der Waals surface area contributed by atoms with Crippen molar-refractivity contribution < 1.29 is 19.4 Å². The van der Waals surface area contributed by atoms with Crippen molar-refractivity contribution in [2.45, 2.75) is 87.1 Å². The van der Waals surface area contributed by atoms with E-state index in [1.54, 1.807) is 6.20 Å². The summed E-state index contributed by atoms with van der Waals surface area (Å²) in [7, 11) is 0. The van der Waals surface area contributed by atoms with Gasteiger partial charge in [0.05, 0.1) is 16.2 Å². The maximum atomic E-state index is 13.5. The number of hydrogen-bond donors (Lipinski definition) is 2. The molecule has 2 saturated carbocycles. The van der Waals surface area contributed by atoms with E-state index in [0.717, 1.165) is 55.6 Å². The molecule has 0 radical (unpaired) electrons. The van der Waals surface area contributed by atoms with Gasteiger partial charge in [0.2, 0.25) is 0 Å². The quantitative estimate of drug-likeness (QED) is 0.426. The standard InChI is InChI=1S/C20H31N3O4S2/c1-2-27-20(11-7-4-8-12-20)23(15-9-5-3-6-10-15)19(26)22-18-21-13-17(29-18)28-14-16(24)25/h13,15H,2-12,14H2,1H3,(H,24,25)(H,21,22,26). The number of nitrogens with zero attached hydrogens (tertiary/aromatic N) is 2. The molecule has 0 aliphatic heterocycles. The third-order valence-electron chi connectivity index (χ3n) is 5.68. The molecule has 7 nitrogen and oxygen atoms in total. The zero-order chi connectivity index (χ0) is 20.7. The Morgan fingerprint density at radius 1 is 1.28 bits per heavy atom. The van der Waals surface area contributed by atoms with Gasteiger partial charge in [0.25, 0.3) is 0 Å².